The number of nitrogens with one attached hydrogen (secondary N) is 2. The molecule has 0 amide bonds. The third-order valence-electron chi connectivity index (χ3n) is 7.26. The van der Waals surface area contributed by atoms with Crippen LogP contribution in [0.15, 0.2) is 41.3 Å². The standard InChI is InChI=1S/C25H35N5O2S/c26-21-10-2-16(3-11-21)1-4-19-9-12-22(23(25(27)28)24(19)33(29,31)32)18-7-5-17(6-8-18)20-13-14-30-15-20/h5-9,12,16,20-21,30H,1-4,10-11,13-15,26H2,(H3,27,28)(H2,29,31,32). The molecule has 4 rings (SSSR count). The molecule has 2 aliphatic rings. The van der Waals surface area contributed by atoms with E-state index in [1.54, 1.807) is 0 Å². The maximum atomic E-state index is 12.7. The highest BCUT2D eigenvalue weighted by Gasteiger charge is 2.26. The Kier molecular flexibility index (Phi) is 7.19. The quantitative estimate of drug-likeness (QED) is 0.312. The van der Waals surface area contributed by atoms with Crippen molar-refractivity contribution in [3.05, 3.63) is 53.1 Å². The lowest BCUT2D eigenvalue weighted by molar-refractivity contribution is 0.310. The molecule has 2 fully saturated rings. The number of rotatable bonds is 7. The second-order valence-electron chi connectivity index (χ2n) is 9.57. The highest BCUT2D eigenvalue weighted by atomic mass is 32.2. The lowest BCUT2D eigenvalue weighted by atomic mass is 9.83. The van der Waals surface area contributed by atoms with Crippen molar-refractivity contribution < 1.29 is 8.42 Å². The molecule has 8 N–H and O–H groups in total. The van der Waals surface area contributed by atoms with Crippen LogP contribution in [0.1, 0.15) is 61.1 Å². The van der Waals surface area contributed by atoms with Gasteiger partial charge in [-0.05, 0) is 85.6 Å². The zero-order valence-electron chi connectivity index (χ0n) is 19.0. The van der Waals surface area contributed by atoms with E-state index in [-0.39, 0.29) is 22.3 Å². The van der Waals surface area contributed by atoms with E-state index in [1.807, 2.05) is 24.3 Å². The zero-order chi connectivity index (χ0) is 23.6. The van der Waals surface area contributed by atoms with E-state index in [0.717, 1.165) is 57.2 Å². The third-order valence-corrected chi connectivity index (χ3v) is 8.30. The summed E-state index contributed by atoms with van der Waals surface area (Å²) in [4.78, 5) is -0.0101. The van der Waals surface area contributed by atoms with Gasteiger partial charge in [-0.3, -0.25) is 5.41 Å². The Morgan fingerprint density at radius 2 is 1.73 bits per heavy atom. The first-order valence-electron chi connectivity index (χ1n) is 11.8. The molecule has 1 saturated heterocycles. The van der Waals surface area contributed by atoms with Crippen molar-refractivity contribution in [2.24, 2.45) is 22.5 Å². The second kappa shape index (κ2) is 9.93. The van der Waals surface area contributed by atoms with E-state index in [1.165, 1.54) is 5.56 Å². The largest absolute Gasteiger partial charge is 0.384 e. The van der Waals surface area contributed by atoms with Crippen LogP contribution in [-0.2, 0) is 16.4 Å². The summed E-state index contributed by atoms with van der Waals surface area (Å²) in [5.74, 6) is 0.725. The average molecular weight is 470 g/mol. The Balaban J connectivity index is 1.67. The van der Waals surface area contributed by atoms with E-state index in [9.17, 15) is 8.42 Å². The van der Waals surface area contributed by atoms with Gasteiger partial charge in [0.15, 0.2) is 0 Å². The Morgan fingerprint density at radius 3 is 2.30 bits per heavy atom. The molecule has 2 aromatic carbocycles. The van der Waals surface area contributed by atoms with Gasteiger partial charge in [-0.25, -0.2) is 13.6 Å². The number of nitrogens with two attached hydrogens (primary N) is 3. The van der Waals surface area contributed by atoms with Gasteiger partial charge in [0, 0.05) is 18.2 Å². The highest BCUT2D eigenvalue weighted by molar-refractivity contribution is 7.89. The van der Waals surface area contributed by atoms with Crippen LogP contribution in [0, 0.1) is 11.3 Å². The van der Waals surface area contributed by atoms with Gasteiger partial charge in [0.1, 0.15) is 5.84 Å². The topological polar surface area (TPSA) is 148 Å². The normalized spacial score (nSPS) is 23.5. The van der Waals surface area contributed by atoms with Crippen LogP contribution in [0.4, 0.5) is 0 Å². The lowest BCUT2D eigenvalue weighted by Gasteiger charge is -2.26. The fourth-order valence-corrected chi connectivity index (χ4v) is 6.41. The third kappa shape index (κ3) is 5.46. The summed E-state index contributed by atoms with van der Waals surface area (Å²) in [6.07, 6.45) is 6.71. The first-order valence-corrected chi connectivity index (χ1v) is 13.4. The number of nitrogen functional groups attached to an aromatic ring is 1. The predicted octanol–water partition coefficient (Wildman–Crippen LogP) is 2.81. The molecular formula is C25H35N5O2S. The van der Waals surface area contributed by atoms with Gasteiger partial charge in [0.2, 0.25) is 10.0 Å². The Morgan fingerprint density at radius 1 is 1.03 bits per heavy atom. The van der Waals surface area contributed by atoms with Gasteiger partial charge in [-0.1, -0.05) is 36.4 Å². The number of benzene rings is 2. The van der Waals surface area contributed by atoms with E-state index in [4.69, 9.17) is 22.0 Å². The molecule has 1 aliphatic carbocycles. The highest BCUT2D eigenvalue weighted by Crippen LogP contribution is 2.34. The molecule has 8 heteroatoms. The molecule has 0 spiro atoms. The number of amidine groups is 1. The number of aryl methyl sites for hydroxylation is 1. The van der Waals surface area contributed by atoms with Crippen molar-refractivity contribution in [3.8, 4) is 11.1 Å². The molecule has 0 aromatic heterocycles. The minimum Gasteiger partial charge on any atom is -0.384 e. The van der Waals surface area contributed by atoms with Crippen molar-refractivity contribution in [2.75, 3.05) is 13.1 Å². The maximum Gasteiger partial charge on any atom is 0.239 e. The van der Waals surface area contributed by atoms with Gasteiger partial charge >= 0.3 is 0 Å². The summed E-state index contributed by atoms with van der Waals surface area (Å²) in [7, 11) is -4.07. The Labute approximate surface area is 196 Å². The van der Waals surface area contributed by atoms with Crippen molar-refractivity contribution in [3.63, 3.8) is 0 Å². The maximum absolute atomic E-state index is 12.7. The van der Waals surface area contributed by atoms with E-state index >= 15 is 0 Å². The van der Waals surface area contributed by atoms with E-state index < -0.39 is 10.0 Å². The molecule has 7 nitrogen and oxygen atoms in total. The molecule has 1 heterocycles. The Bertz CT molecular complexity index is 1100. The van der Waals surface area contributed by atoms with Crippen LogP contribution in [0.3, 0.4) is 0 Å². The first-order chi connectivity index (χ1) is 15.7. The molecule has 178 valence electrons. The van der Waals surface area contributed by atoms with Gasteiger partial charge in [-0.2, -0.15) is 0 Å². The fourth-order valence-electron chi connectivity index (χ4n) is 5.37. The predicted molar refractivity (Wildman–Crippen MR) is 133 cm³/mol. The molecular weight excluding hydrogens is 434 g/mol. The smallest absolute Gasteiger partial charge is 0.239 e. The van der Waals surface area contributed by atoms with Gasteiger partial charge < -0.3 is 16.8 Å². The number of hydrogen-bond donors (Lipinski definition) is 5. The Hall–Kier alpha value is -2.26. The summed E-state index contributed by atoms with van der Waals surface area (Å²) in [5, 5.41) is 17.3. The van der Waals surface area contributed by atoms with Crippen LogP contribution < -0.4 is 21.9 Å². The number of hydrogen-bond acceptors (Lipinski definition) is 5. The van der Waals surface area contributed by atoms with Gasteiger partial charge in [0.05, 0.1) is 4.90 Å². The van der Waals surface area contributed by atoms with Crippen molar-refractivity contribution >= 4 is 15.9 Å². The van der Waals surface area contributed by atoms with Crippen LogP contribution in [0.2, 0.25) is 0 Å². The summed E-state index contributed by atoms with van der Waals surface area (Å²) in [6, 6.07) is 12.1. The van der Waals surface area contributed by atoms with Gasteiger partial charge in [-0.15, -0.1) is 0 Å². The molecule has 2 aromatic rings. The summed E-state index contributed by atoms with van der Waals surface area (Å²) >= 11 is 0. The average Bonchev–Trinajstić information content (AvgIpc) is 3.32. The van der Waals surface area contributed by atoms with Gasteiger partial charge in [0.25, 0.3) is 0 Å². The molecule has 0 bridgehead atoms. The number of sulfonamides is 1. The minimum absolute atomic E-state index is 0.0101. The zero-order valence-corrected chi connectivity index (χ0v) is 19.8. The molecule has 1 saturated carbocycles. The van der Waals surface area contributed by atoms with Crippen molar-refractivity contribution in [1.29, 1.82) is 5.41 Å². The van der Waals surface area contributed by atoms with Crippen LogP contribution in [0.5, 0.6) is 0 Å². The fraction of sp³-hybridized carbons (Fsp3) is 0.480. The molecule has 1 aliphatic heterocycles. The minimum atomic E-state index is -4.07. The number of primary sulfonamides is 1. The monoisotopic (exact) mass is 469 g/mol. The van der Waals surface area contributed by atoms with E-state index in [2.05, 4.69) is 17.4 Å². The van der Waals surface area contributed by atoms with Crippen LogP contribution >= 0.6 is 0 Å². The molecule has 0 radical (unpaired) electrons. The summed E-state index contributed by atoms with van der Waals surface area (Å²) < 4.78 is 25.4. The molecule has 1 unspecified atom stereocenters. The SMILES string of the molecule is N=C(N)c1c(-c2ccc(C3CCNC3)cc2)ccc(CCC2CCC(N)CC2)c1S(N)(=O)=O. The molecule has 1 atom stereocenters. The summed E-state index contributed by atoms with van der Waals surface area (Å²) in [5.41, 5.74) is 15.5. The van der Waals surface area contributed by atoms with Crippen molar-refractivity contribution in [2.45, 2.75) is 61.8 Å². The van der Waals surface area contributed by atoms with E-state index in [0.29, 0.717) is 29.4 Å². The molecule has 33 heavy (non-hydrogen) atoms. The lowest BCUT2D eigenvalue weighted by Crippen LogP contribution is -2.27. The first kappa shape index (κ1) is 23.9. The van der Waals surface area contributed by atoms with Crippen LogP contribution in [-0.4, -0.2) is 33.4 Å². The summed E-state index contributed by atoms with van der Waals surface area (Å²) in [6.45, 7) is 1.99. The second-order valence-corrected chi connectivity index (χ2v) is 11.1. The van der Waals surface area contributed by atoms with Crippen LogP contribution in [0.25, 0.3) is 11.1 Å². The van der Waals surface area contributed by atoms with Crippen molar-refractivity contribution in [1.82, 2.24) is 5.32 Å².